The summed E-state index contributed by atoms with van der Waals surface area (Å²) in [6.07, 6.45) is 0. The van der Waals surface area contributed by atoms with E-state index in [0.29, 0.717) is 0 Å². The van der Waals surface area contributed by atoms with Gasteiger partial charge in [0.2, 0.25) is 10.0 Å². The molecule has 1 aliphatic rings. The van der Waals surface area contributed by atoms with Crippen LogP contribution in [0, 0.1) is 0 Å². The van der Waals surface area contributed by atoms with Crippen LogP contribution in [-0.4, -0.2) is 49.6 Å². The van der Waals surface area contributed by atoms with Crippen molar-refractivity contribution in [3.63, 3.8) is 0 Å². The third kappa shape index (κ3) is 2.16. The van der Waals surface area contributed by atoms with Crippen LogP contribution in [0.1, 0.15) is 16.6 Å². The fraction of sp³-hybridized carbons (Fsp3) is 0.500. The lowest BCUT2D eigenvalue weighted by atomic mass is 10.0. The van der Waals surface area contributed by atoms with Crippen LogP contribution in [0.15, 0.2) is 16.3 Å². The maximum absolute atomic E-state index is 12.2. The first-order chi connectivity index (χ1) is 8.28. The Morgan fingerprint density at radius 1 is 1.56 bits per heavy atom. The summed E-state index contributed by atoms with van der Waals surface area (Å²) in [5.74, 6) is -0.671. The molecule has 0 bridgehead atoms. The summed E-state index contributed by atoms with van der Waals surface area (Å²) in [5.41, 5.74) is -0.992. The number of nitrogens with zero attached hydrogens (tertiary/aromatic N) is 1. The van der Waals surface area contributed by atoms with Gasteiger partial charge in [-0.25, -0.2) is 13.2 Å². The van der Waals surface area contributed by atoms with Gasteiger partial charge in [-0.1, -0.05) is 0 Å². The van der Waals surface area contributed by atoms with Gasteiger partial charge in [-0.05, 0) is 18.4 Å². The van der Waals surface area contributed by atoms with E-state index in [4.69, 9.17) is 0 Å². The molecule has 0 spiro atoms. The number of carbonyl (C=O) groups excluding carboxylic acids is 1. The van der Waals surface area contributed by atoms with Crippen molar-refractivity contribution in [3.05, 3.63) is 16.3 Å². The number of rotatable bonds is 3. The summed E-state index contributed by atoms with van der Waals surface area (Å²) < 4.78 is 30.1. The molecule has 1 aromatic heterocycles. The SMILES string of the molecule is COC(=O)c1sccc1S(=O)(=O)N1CC(C)(O)C1. The summed E-state index contributed by atoms with van der Waals surface area (Å²) in [4.78, 5) is 11.5. The van der Waals surface area contributed by atoms with Crippen molar-refractivity contribution in [1.29, 1.82) is 0 Å². The molecule has 100 valence electrons. The van der Waals surface area contributed by atoms with Crippen LogP contribution in [0.3, 0.4) is 0 Å². The number of ether oxygens (including phenoxy) is 1. The number of hydrogen-bond acceptors (Lipinski definition) is 6. The molecule has 1 fully saturated rings. The van der Waals surface area contributed by atoms with E-state index < -0.39 is 21.6 Å². The lowest BCUT2D eigenvalue weighted by Gasteiger charge is -2.42. The van der Waals surface area contributed by atoms with Gasteiger partial charge in [-0.2, -0.15) is 4.31 Å². The molecule has 0 saturated carbocycles. The van der Waals surface area contributed by atoms with Crippen molar-refractivity contribution in [2.45, 2.75) is 17.4 Å². The van der Waals surface area contributed by atoms with Gasteiger partial charge in [0.25, 0.3) is 0 Å². The maximum atomic E-state index is 12.2. The lowest BCUT2D eigenvalue weighted by Crippen LogP contribution is -2.61. The Morgan fingerprint density at radius 3 is 2.67 bits per heavy atom. The Kier molecular flexibility index (Phi) is 3.22. The van der Waals surface area contributed by atoms with Crippen LogP contribution < -0.4 is 0 Å². The minimum Gasteiger partial charge on any atom is -0.465 e. The van der Waals surface area contributed by atoms with E-state index in [-0.39, 0.29) is 22.9 Å². The molecular weight excluding hydrogens is 278 g/mol. The van der Waals surface area contributed by atoms with Crippen molar-refractivity contribution in [1.82, 2.24) is 4.31 Å². The Bertz CT molecular complexity index is 567. The fourth-order valence-electron chi connectivity index (χ4n) is 1.76. The summed E-state index contributed by atoms with van der Waals surface area (Å²) in [7, 11) is -2.53. The zero-order chi connectivity index (χ0) is 13.6. The van der Waals surface area contributed by atoms with E-state index in [9.17, 15) is 18.3 Å². The van der Waals surface area contributed by atoms with Crippen LogP contribution >= 0.6 is 11.3 Å². The van der Waals surface area contributed by atoms with Gasteiger partial charge >= 0.3 is 5.97 Å². The molecule has 0 atom stereocenters. The molecule has 0 unspecified atom stereocenters. The predicted octanol–water partition coefficient (Wildman–Crippen LogP) is 0.290. The minimum absolute atomic E-state index is 0.0335. The molecule has 0 amide bonds. The number of methoxy groups -OCH3 is 1. The summed E-state index contributed by atoms with van der Waals surface area (Å²) in [6.45, 7) is 1.63. The van der Waals surface area contributed by atoms with Gasteiger partial charge in [-0.15, -0.1) is 11.3 Å². The monoisotopic (exact) mass is 291 g/mol. The molecule has 2 rings (SSSR count). The second kappa shape index (κ2) is 4.30. The topological polar surface area (TPSA) is 83.9 Å². The van der Waals surface area contributed by atoms with E-state index in [0.717, 1.165) is 15.6 Å². The van der Waals surface area contributed by atoms with E-state index in [1.807, 2.05) is 0 Å². The van der Waals surface area contributed by atoms with Crippen LogP contribution in [0.2, 0.25) is 0 Å². The Labute approximate surface area is 109 Å². The van der Waals surface area contributed by atoms with Crippen LogP contribution in [0.25, 0.3) is 0 Å². The molecule has 0 aromatic carbocycles. The van der Waals surface area contributed by atoms with Crippen molar-refractivity contribution in [3.8, 4) is 0 Å². The van der Waals surface area contributed by atoms with Gasteiger partial charge in [0, 0.05) is 13.1 Å². The average molecular weight is 291 g/mol. The highest BCUT2D eigenvalue weighted by Gasteiger charge is 2.45. The number of hydrogen-bond donors (Lipinski definition) is 1. The zero-order valence-corrected chi connectivity index (χ0v) is 11.5. The van der Waals surface area contributed by atoms with Crippen LogP contribution in [-0.2, 0) is 14.8 Å². The van der Waals surface area contributed by atoms with Gasteiger partial charge in [0.05, 0.1) is 12.7 Å². The smallest absolute Gasteiger partial charge is 0.349 e. The average Bonchev–Trinajstić information content (AvgIpc) is 2.74. The van der Waals surface area contributed by atoms with Crippen LogP contribution in [0.5, 0.6) is 0 Å². The lowest BCUT2D eigenvalue weighted by molar-refractivity contribution is -0.0426. The quantitative estimate of drug-likeness (QED) is 0.809. The first kappa shape index (κ1) is 13.5. The summed E-state index contributed by atoms with van der Waals surface area (Å²) in [6, 6.07) is 1.37. The van der Waals surface area contributed by atoms with Crippen LogP contribution in [0.4, 0.5) is 0 Å². The highest BCUT2D eigenvalue weighted by molar-refractivity contribution is 7.89. The molecule has 1 saturated heterocycles. The van der Waals surface area contributed by atoms with Crippen molar-refractivity contribution >= 4 is 27.3 Å². The standard InChI is InChI=1S/C10H13NO5S2/c1-10(13)5-11(6-10)18(14,15)7-3-4-17-8(7)9(12)16-2/h3-4,13H,5-6H2,1-2H3. The second-order valence-corrected chi connectivity index (χ2v) is 7.20. The second-order valence-electron chi connectivity index (χ2n) is 4.38. The molecule has 0 radical (unpaired) electrons. The number of thiophene rings is 1. The Morgan fingerprint density at radius 2 is 2.17 bits per heavy atom. The zero-order valence-electron chi connectivity index (χ0n) is 9.91. The number of β-amino-alcohol motifs (C(OH)–C–C–N with tert-alkyl or cyclic N) is 1. The third-order valence-corrected chi connectivity index (χ3v) is 5.51. The third-order valence-electron chi connectivity index (χ3n) is 2.65. The number of carbonyl (C=O) groups is 1. The largest absolute Gasteiger partial charge is 0.465 e. The molecule has 1 N–H and O–H groups in total. The summed E-state index contributed by atoms with van der Waals surface area (Å²) in [5, 5.41) is 11.1. The molecular formula is C10H13NO5S2. The first-order valence-corrected chi connectivity index (χ1v) is 7.48. The molecule has 8 heteroatoms. The highest BCUT2D eigenvalue weighted by Crippen LogP contribution is 2.31. The van der Waals surface area contributed by atoms with Crippen molar-refractivity contribution < 1.29 is 23.1 Å². The van der Waals surface area contributed by atoms with Gasteiger partial charge in [0.1, 0.15) is 9.77 Å². The van der Waals surface area contributed by atoms with E-state index in [1.54, 1.807) is 6.92 Å². The Balaban J connectivity index is 2.32. The number of sulfonamides is 1. The maximum Gasteiger partial charge on any atom is 0.349 e. The normalized spacial score (nSPS) is 19.3. The van der Waals surface area contributed by atoms with Crippen molar-refractivity contribution in [2.75, 3.05) is 20.2 Å². The molecule has 1 aromatic rings. The fourth-order valence-corrected chi connectivity index (χ4v) is 4.75. The first-order valence-electron chi connectivity index (χ1n) is 5.16. The molecule has 18 heavy (non-hydrogen) atoms. The van der Waals surface area contributed by atoms with E-state index >= 15 is 0 Å². The highest BCUT2D eigenvalue weighted by atomic mass is 32.2. The number of aliphatic hydroxyl groups is 1. The summed E-state index contributed by atoms with van der Waals surface area (Å²) >= 11 is 1.02. The predicted molar refractivity (Wildman–Crippen MR) is 65.0 cm³/mol. The van der Waals surface area contributed by atoms with E-state index in [1.165, 1.54) is 18.6 Å². The van der Waals surface area contributed by atoms with Gasteiger partial charge in [0.15, 0.2) is 0 Å². The molecule has 0 aliphatic carbocycles. The minimum atomic E-state index is -3.73. The molecule has 2 heterocycles. The molecule has 1 aliphatic heterocycles. The van der Waals surface area contributed by atoms with Gasteiger partial charge < -0.3 is 9.84 Å². The van der Waals surface area contributed by atoms with E-state index in [2.05, 4.69) is 4.74 Å². The Hall–Kier alpha value is -0.960. The molecule has 6 nitrogen and oxygen atoms in total. The van der Waals surface area contributed by atoms with Gasteiger partial charge in [-0.3, -0.25) is 0 Å². The number of esters is 1. The van der Waals surface area contributed by atoms with Crippen molar-refractivity contribution in [2.24, 2.45) is 0 Å².